The van der Waals surface area contributed by atoms with Crippen LogP contribution in [0.2, 0.25) is 0 Å². The lowest BCUT2D eigenvalue weighted by atomic mass is 10.4. The van der Waals surface area contributed by atoms with Crippen LogP contribution in [0.5, 0.6) is 0 Å². The molecule has 1 aliphatic rings. The van der Waals surface area contributed by atoms with E-state index < -0.39 is 10.0 Å². The monoisotopic (exact) mass is 299 g/mol. The molecule has 6 nitrogen and oxygen atoms in total. The Morgan fingerprint density at radius 2 is 2.32 bits per heavy atom. The lowest BCUT2D eigenvalue weighted by Gasteiger charge is -2.03. The Kier molecular flexibility index (Phi) is 3.08. The van der Waals surface area contributed by atoms with Gasteiger partial charge < -0.3 is 9.67 Å². The van der Waals surface area contributed by atoms with E-state index in [4.69, 9.17) is 0 Å². The summed E-state index contributed by atoms with van der Waals surface area (Å²) in [6.07, 6.45) is 5.18. The van der Waals surface area contributed by atoms with Gasteiger partial charge in [0.2, 0.25) is 0 Å². The van der Waals surface area contributed by atoms with Crippen LogP contribution in [0.15, 0.2) is 28.7 Å². The molecule has 2 heterocycles. The van der Waals surface area contributed by atoms with Gasteiger partial charge in [-0.15, -0.1) is 11.3 Å². The van der Waals surface area contributed by atoms with E-state index in [9.17, 15) is 13.5 Å². The molecule has 19 heavy (non-hydrogen) atoms. The second-order valence-corrected chi connectivity index (χ2v) is 6.98. The smallest absolute Gasteiger partial charge is 0.265 e. The van der Waals surface area contributed by atoms with E-state index in [1.54, 1.807) is 11.6 Å². The molecule has 0 radical (unpaired) electrons. The van der Waals surface area contributed by atoms with Gasteiger partial charge in [0, 0.05) is 29.5 Å². The Bertz CT molecular complexity index is 672. The van der Waals surface area contributed by atoms with Crippen molar-refractivity contribution < 1.29 is 13.5 Å². The molecule has 2 aromatic heterocycles. The largest absolute Gasteiger partial charge is 0.390 e. The second-order valence-electron chi connectivity index (χ2n) is 4.41. The summed E-state index contributed by atoms with van der Waals surface area (Å²) in [5.74, 6) is 0. The number of hydrogen-bond donors (Lipinski definition) is 2. The Balaban J connectivity index is 1.92. The van der Waals surface area contributed by atoms with Gasteiger partial charge in [0.15, 0.2) is 5.13 Å². The van der Waals surface area contributed by atoms with E-state index in [-0.39, 0.29) is 11.5 Å². The molecule has 3 rings (SSSR count). The molecule has 2 aromatic rings. The van der Waals surface area contributed by atoms with Crippen LogP contribution in [-0.4, -0.2) is 23.1 Å². The first-order chi connectivity index (χ1) is 9.10. The Morgan fingerprint density at radius 3 is 2.89 bits per heavy atom. The number of thiazole rings is 1. The lowest BCUT2D eigenvalue weighted by molar-refractivity contribution is 0.270. The summed E-state index contributed by atoms with van der Waals surface area (Å²) >= 11 is 1.22. The predicted molar refractivity (Wildman–Crippen MR) is 71.5 cm³/mol. The molecule has 102 valence electrons. The summed E-state index contributed by atoms with van der Waals surface area (Å²) in [5, 5.41) is 11.3. The zero-order valence-electron chi connectivity index (χ0n) is 9.98. The molecule has 0 spiro atoms. The molecule has 0 unspecified atom stereocenters. The van der Waals surface area contributed by atoms with Gasteiger partial charge in [-0.3, -0.25) is 4.72 Å². The van der Waals surface area contributed by atoms with Crippen LogP contribution in [0.1, 0.15) is 24.6 Å². The summed E-state index contributed by atoms with van der Waals surface area (Å²) < 4.78 is 28.6. The molecule has 1 fully saturated rings. The van der Waals surface area contributed by atoms with E-state index in [1.807, 2.05) is 4.57 Å². The van der Waals surface area contributed by atoms with Crippen LogP contribution in [0.4, 0.5) is 5.13 Å². The van der Waals surface area contributed by atoms with Gasteiger partial charge in [0.05, 0.1) is 6.61 Å². The van der Waals surface area contributed by atoms with Crippen molar-refractivity contribution in [3.8, 4) is 0 Å². The molecule has 0 bridgehead atoms. The van der Waals surface area contributed by atoms with Gasteiger partial charge in [0.1, 0.15) is 4.90 Å². The van der Waals surface area contributed by atoms with Crippen molar-refractivity contribution in [1.82, 2.24) is 9.55 Å². The zero-order valence-corrected chi connectivity index (χ0v) is 11.6. The van der Waals surface area contributed by atoms with Crippen LogP contribution >= 0.6 is 11.3 Å². The van der Waals surface area contributed by atoms with Gasteiger partial charge in [-0.2, -0.15) is 0 Å². The van der Waals surface area contributed by atoms with E-state index in [1.165, 1.54) is 23.6 Å². The molecule has 0 aromatic carbocycles. The van der Waals surface area contributed by atoms with Crippen LogP contribution in [-0.2, 0) is 16.6 Å². The minimum atomic E-state index is -3.63. The van der Waals surface area contributed by atoms with Crippen molar-refractivity contribution in [1.29, 1.82) is 0 Å². The maximum absolute atomic E-state index is 12.2. The Labute approximate surface area is 114 Å². The van der Waals surface area contributed by atoms with Crippen molar-refractivity contribution in [2.45, 2.75) is 30.4 Å². The first kappa shape index (κ1) is 12.6. The molecule has 1 saturated carbocycles. The average molecular weight is 299 g/mol. The van der Waals surface area contributed by atoms with E-state index in [0.29, 0.717) is 16.9 Å². The van der Waals surface area contributed by atoms with E-state index in [2.05, 4.69) is 9.71 Å². The first-order valence-electron chi connectivity index (χ1n) is 5.84. The second kappa shape index (κ2) is 4.62. The summed E-state index contributed by atoms with van der Waals surface area (Å²) in [5.41, 5.74) is 0.627. The molecule has 0 amide bonds. The van der Waals surface area contributed by atoms with Gasteiger partial charge in [0.25, 0.3) is 10.0 Å². The Morgan fingerprint density at radius 1 is 1.53 bits per heavy atom. The third kappa shape index (κ3) is 2.51. The third-order valence-electron chi connectivity index (χ3n) is 2.97. The van der Waals surface area contributed by atoms with Crippen LogP contribution < -0.4 is 4.72 Å². The highest BCUT2D eigenvalue weighted by Crippen LogP contribution is 2.37. The maximum atomic E-state index is 12.2. The minimum Gasteiger partial charge on any atom is -0.390 e. The van der Waals surface area contributed by atoms with Gasteiger partial charge >= 0.3 is 0 Å². The standard InChI is InChI=1S/C11H13N3O3S2/c15-7-9-5-10(6-14(9)8-1-2-8)19(16,17)13-11-12-3-4-18-11/h3-6,8,15H,1-2,7H2,(H,12,13). The molecular weight excluding hydrogens is 286 g/mol. The first-order valence-corrected chi connectivity index (χ1v) is 8.20. The summed E-state index contributed by atoms with van der Waals surface area (Å²) in [7, 11) is -3.63. The minimum absolute atomic E-state index is 0.163. The van der Waals surface area contributed by atoms with Crippen LogP contribution in [0, 0.1) is 0 Å². The van der Waals surface area contributed by atoms with Gasteiger partial charge in [-0.25, -0.2) is 13.4 Å². The molecule has 2 N–H and O–H groups in total. The lowest BCUT2D eigenvalue weighted by Crippen LogP contribution is -2.12. The highest BCUT2D eigenvalue weighted by molar-refractivity contribution is 7.93. The third-order valence-corrected chi connectivity index (χ3v) is 5.10. The molecule has 8 heteroatoms. The number of sulfonamides is 1. The van der Waals surface area contributed by atoms with Crippen molar-refractivity contribution in [2.75, 3.05) is 4.72 Å². The fourth-order valence-electron chi connectivity index (χ4n) is 1.91. The number of rotatable bonds is 5. The van der Waals surface area contributed by atoms with E-state index in [0.717, 1.165) is 12.8 Å². The maximum Gasteiger partial charge on any atom is 0.265 e. The van der Waals surface area contributed by atoms with Crippen LogP contribution in [0.25, 0.3) is 0 Å². The molecular formula is C11H13N3O3S2. The summed E-state index contributed by atoms with van der Waals surface area (Å²) in [6.45, 7) is -0.163. The highest BCUT2D eigenvalue weighted by Gasteiger charge is 2.28. The average Bonchev–Trinajstić information content (AvgIpc) is 2.91. The number of hydrogen-bond acceptors (Lipinski definition) is 5. The number of aliphatic hydroxyl groups excluding tert-OH is 1. The van der Waals surface area contributed by atoms with Crippen molar-refractivity contribution in [2.24, 2.45) is 0 Å². The van der Waals surface area contributed by atoms with Crippen LogP contribution in [0.3, 0.4) is 0 Å². The highest BCUT2D eigenvalue weighted by atomic mass is 32.2. The molecule has 0 atom stereocenters. The summed E-state index contributed by atoms with van der Waals surface area (Å²) in [4.78, 5) is 4.06. The Hall–Kier alpha value is -1.38. The summed E-state index contributed by atoms with van der Waals surface area (Å²) in [6, 6.07) is 1.83. The quantitative estimate of drug-likeness (QED) is 0.877. The number of nitrogens with zero attached hydrogens (tertiary/aromatic N) is 2. The normalized spacial score (nSPS) is 15.6. The number of aromatic nitrogens is 2. The SMILES string of the molecule is O=S(=O)(Nc1nccs1)c1cc(CO)n(C2CC2)c1. The molecule has 1 aliphatic carbocycles. The fourth-order valence-corrected chi connectivity index (χ4v) is 3.75. The van der Waals surface area contributed by atoms with E-state index >= 15 is 0 Å². The number of aliphatic hydroxyl groups is 1. The number of anilines is 1. The fraction of sp³-hybridized carbons (Fsp3) is 0.364. The van der Waals surface area contributed by atoms with Gasteiger partial charge in [-0.05, 0) is 18.9 Å². The van der Waals surface area contributed by atoms with Crippen molar-refractivity contribution in [3.63, 3.8) is 0 Å². The van der Waals surface area contributed by atoms with Crippen molar-refractivity contribution in [3.05, 3.63) is 29.5 Å². The molecule has 0 aliphatic heterocycles. The van der Waals surface area contributed by atoms with Gasteiger partial charge in [-0.1, -0.05) is 0 Å². The topological polar surface area (TPSA) is 84.2 Å². The predicted octanol–water partition coefficient (Wildman–Crippen LogP) is 1.57. The van der Waals surface area contributed by atoms with Crippen molar-refractivity contribution >= 4 is 26.5 Å². The molecule has 0 saturated heterocycles. The number of nitrogens with one attached hydrogen (secondary N) is 1. The zero-order chi connectivity index (χ0) is 13.5.